The summed E-state index contributed by atoms with van der Waals surface area (Å²) >= 11 is 5.07. The molecule has 0 aliphatic heterocycles. The SMILES string of the molecule is COC(=O)NCC(=O)Nc1ccc2nc(SCCc3ccsc3)sc2c1. The molecule has 0 bridgehead atoms. The van der Waals surface area contributed by atoms with Gasteiger partial charge >= 0.3 is 6.09 Å². The second-order valence-electron chi connectivity index (χ2n) is 5.29. The van der Waals surface area contributed by atoms with Crippen LogP contribution in [0.3, 0.4) is 0 Å². The first kappa shape index (κ1) is 18.7. The number of thioether (sulfide) groups is 1. The Bertz CT molecular complexity index is 893. The van der Waals surface area contributed by atoms with E-state index in [4.69, 9.17) is 0 Å². The molecule has 0 aliphatic carbocycles. The lowest BCUT2D eigenvalue weighted by atomic mass is 10.3. The normalized spacial score (nSPS) is 10.7. The summed E-state index contributed by atoms with van der Waals surface area (Å²) in [5, 5.41) is 9.35. The number of fused-ring (bicyclic) bond motifs is 1. The summed E-state index contributed by atoms with van der Waals surface area (Å²) in [5.74, 6) is 0.670. The molecular weight excluding hydrogens is 390 g/mol. The van der Waals surface area contributed by atoms with E-state index in [-0.39, 0.29) is 12.5 Å². The van der Waals surface area contributed by atoms with Crippen LogP contribution >= 0.6 is 34.4 Å². The third-order valence-electron chi connectivity index (χ3n) is 3.43. The van der Waals surface area contributed by atoms with E-state index in [1.807, 2.05) is 12.1 Å². The van der Waals surface area contributed by atoms with Gasteiger partial charge in [0, 0.05) is 11.4 Å². The second kappa shape index (κ2) is 9.02. The van der Waals surface area contributed by atoms with Crippen molar-refractivity contribution in [1.29, 1.82) is 0 Å². The van der Waals surface area contributed by atoms with E-state index in [1.165, 1.54) is 12.7 Å². The number of aryl methyl sites for hydroxylation is 1. The van der Waals surface area contributed by atoms with Crippen molar-refractivity contribution >= 4 is 62.3 Å². The Morgan fingerprint density at radius 1 is 1.31 bits per heavy atom. The van der Waals surface area contributed by atoms with Crippen LogP contribution in [-0.4, -0.2) is 36.4 Å². The summed E-state index contributed by atoms with van der Waals surface area (Å²) in [7, 11) is 1.25. The Kier molecular flexibility index (Phi) is 6.48. The number of hydrogen-bond acceptors (Lipinski definition) is 7. The van der Waals surface area contributed by atoms with Crippen LogP contribution in [0.4, 0.5) is 10.5 Å². The number of rotatable bonds is 7. The first-order valence-electron chi connectivity index (χ1n) is 7.80. The number of carbonyl (C=O) groups is 2. The number of nitrogens with zero attached hydrogens (tertiary/aromatic N) is 1. The highest BCUT2D eigenvalue weighted by Gasteiger charge is 2.09. The molecule has 0 spiro atoms. The van der Waals surface area contributed by atoms with Crippen molar-refractivity contribution in [2.45, 2.75) is 10.8 Å². The number of thiazole rings is 1. The number of benzene rings is 1. The van der Waals surface area contributed by atoms with Gasteiger partial charge in [-0.05, 0) is 47.0 Å². The van der Waals surface area contributed by atoms with Crippen LogP contribution in [0.1, 0.15) is 5.56 Å². The molecule has 2 N–H and O–H groups in total. The molecule has 2 heterocycles. The van der Waals surface area contributed by atoms with E-state index in [2.05, 4.69) is 37.2 Å². The quantitative estimate of drug-likeness (QED) is 0.579. The highest BCUT2D eigenvalue weighted by Crippen LogP contribution is 2.31. The molecule has 0 radical (unpaired) electrons. The average molecular weight is 408 g/mol. The van der Waals surface area contributed by atoms with Gasteiger partial charge in [0.05, 0.1) is 17.3 Å². The fourth-order valence-corrected chi connectivity index (χ4v) is 5.03. The summed E-state index contributed by atoms with van der Waals surface area (Å²) in [6, 6.07) is 7.73. The summed E-state index contributed by atoms with van der Waals surface area (Å²) in [6.07, 6.45) is 0.390. The van der Waals surface area contributed by atoms with Crippen LogP contribution in [0.2, 0.25) is 0 Å². The van der Waals surface area contributed by atoms with Crippen LogP contribution < -0.4 is 10.6 Å². The summed E-state index contributed by atoms with van der Waals surface area (Å²) in [4.78, 5) is 27.4. The van der Waals surface area contributed by atoms with Crippen molar-refractivity contribution in [3.63, 3.8) is 0 Å². The maximum atomic E-state index is 11.8. The van der Waals surface area contributed by atoms with Crippen molar-refractivity contribution < 1.29 is 14.3 Å². The third kappa shape index (κ3) is 5.20. The predicted octanol–water partition coefficient (Wildman–Crippen LogP) is 3.99. The number of ether oxygens (including phenoxy) is 1. The van der Waals surface area contributed by atoms with Crippen LogP contribution in [0.5, 0.6) is 0 Å². The highest BCUT2D eigenvalue weighted by atomic mass is 32.2. The number of alkyl carbamates (subject to hydrolysis) is 1. The minimum Gasteiger partial charge on any atom is -0.453 e. The Hall–Kier alpha value is -2.10. The van der Waals surface area contributed by atoms with Crippen LogP contribution in [0, 0.1) is 0 Å². The Labute approximate surface area is 163 Å². The number of methoxy groups -OCH3 is 1. The molecule has 3 aromatic rings. The van der Waals surface area contributed by atoms with Gasteiger partial charge in [0.15, 0.2) is 4.34 Å². The smallest absolute Gasteiger partial charge is 0.407 e. The van der Waals surface area contributed by atoms with Gasteiger partial charge in [-0.3, -0.25) is 4.79 Å². The van der Waals surface area contributed by atoms with Gasteiger partial charge < -0.3 is 15.4 Å². The van der Waals surface area contributed by atoms with Crippen molar-refractivity contribution in [3.8, 4) is 0 Å². The fourth-order valence-electron chi connectivity index (χ4n) is 2.16. The van der Waals surface area contributed by atoms with E-state index in [0.717, 1.165) is 26.7 Å². The van der Waals surface area contributed by atoms with E-state index in [1.54, 1.807) is 40.5 Å². The molecule has 136 valence electrons. The standard InChI is InChI=1S/C17H17N3O3S3/c1-23-16(22)18-9-15(21)19-12-2-3-13-14(8-12)26-17(20-13)25-7-5-11-4-6-24-10-11/h2-4,6,8,10H,5,7,9H2,1H3,(H,18,22)(H,19,21). The lowest BCUT2D eigenvalue weighted by Crippen LogP contribution is -2.32. The molecule has 0 fully saturated rings. The Morgan fingerprint density at radius 2 is 2.19 bits per heavy atom. The Morgan fingerprint density at radius 3 is 2.96 bits per heavy atom. The minimum atomic E-state index is -0.637. The van der Waals surface area contributed by atoms with E-state index >= 15 is 0 Å². The molecule has 0 atom stereocenters. The van der Waals surface area contributed by atoms with Gasteiger partial charge in [0.25, 0.3) is 0 Å². The maximum Gasteiger partial charge on any atom is 0.407 e. The molecule has 2 aromatic heterocycles. The van der Waals surface area contributed by atoms with Gasteiger partial charge in [-0.1, -0.05) is 11.8 Å². The third-order valence-corrected chi connectivity index (χ3v) is 6.32. The van der Waals surface area contributed by atoms with Gasteiger partial charge in [-0.2, -0.15) is 11.3 Å². The summed E-state index contributed by atoms with van der Waals surface area (Å²) in [5.41, 5.74) is 2.94. The topological polar surface area (TPSA) is 80.3 Å². The molecule has 0 aliphatic rings. The van der Waals surface area contributed by atoms with Crippen LogP contribution in [0.25, 0.3) is 10.2 Å². The van der Waals surface area contributed by atoms with Crippen molar-refractivity contribution in [1.82, 2.24) is 10.3 Å². The zero-order valence-electron chi connectivity index (χ0n) is 14.0. The summed E-state index contributed by atoms with van der Waals surface area (Å²) < 4.78 is 6.46. The van der Waals surface area contributed by atoms with Gasteiger partial charge in [-0.25, -0.2) is 9.78 Å². The monoisotopic (exact) mass is 407 g/mol. The number of anilines is 1. The fraction of sp³-hybridized carbons (Fsp3) is 0.235. The highest BCUT2D eigenvalue weighted by molar-refractivity contribution is 8.01. The lowest BCUT2D eigenvalue weighted by Gasteiger charge is -2.05. The molecule has 26 heavy (non-hydrogen) atoms. The number of amides is 2. The number of hydrogen-bond donors (Lipinski definition) is 2. The van der Waals surface area contributed by atoms with Gasteiger partial charge in [-0.15, -0.1) is 11.3 Å². The molecular formula is C17H17N3O3S3. The molecule has 1 aromatic carbocycles. The molecule has 0 unspecified atom stereocenters. The van der Waals surface area contributed by atoms with Crippen molar-refractivity contribution in [2.24, 2.45) is 0 Å². The zero-order chi connectivity index (χ0) is 18.4. The molecule has 0 saturated heterocycles. The van der Waals surface area contributed by atoms with Gasteiger partial charge in [0.2, 0.25) is 5.91 Å². The first-order valence-corrected chi connectivity index (χ1v) is 10.5. The second-order valence-corrected chi connectivity index (χ2v) is 8.44. The summed E-state index contributed by atoms with van der Waals surface area (Å²) in [6.45, 7) is -0.142. The van der Waals surface area contributed by atoms with Crippen molar-refractivity contribution in [3.05, 3.63) is 40.6 Å². The Balaban J connectivity index is 1.56. The first-order chi connectivity index (χ1) is 12.6. The van der Waals surface area contributed by atoms with Gasteiger partial charge in [0.1, 0.15) is 6.54 Å². The van der Waals surface area contributed by atoms with Crippen molar-refractivity contribution in [2.75, 3.05) is 24.7 Å². The average Bonchev–Trinajstić information content (AvgIpc) is 3.28. The number of carbonyl (C=O) groups excluding carboxylic acids is 2. The largest absolute Gasteiger partial charge is 0.453 e. The minimum absolute atomic E-state index is 0.142. The molecule has 9 heteroatoms. The van der Waals surface area contributed by atoms with E-state index < -0.39 is 6.09 Å². The number of thiophene rings is 1. The van der Waals surface area contributed by atoms with E-state index in [9.17, 15) is 9.59 Å². The van der Waals surface area contributed by atoms with Crippen LogP contribution in [-0.2, 0) is 16.0 Å². The predicted molar refractivity (Wildman–Crippen MR) is 107 cm³/mol. The molecule has 0 saturated carbocycles. The lowest BCUT2D eigenvalue weighted by molar-refractivity contribution is -0.115. The van der Waals surface area contributed by atoms with E-state index in [0.29, 0.717) is 5.69 Å². The molecule has 6 nitrogen and oxygen atoms in total. The molecule has 3 rings (SSSR count). The zero-order valence-corrected chi connectivity index (χ0v) is 16.4. The molecule has 2 amide bonds. The number of aromatic nitrogens is 1. The van der Waals surface area contributed by atoms with Crippen LogP contribution in [0.15, 0.2) is 39.4 Å². The number of nitrogens with one attached hydrogen (secondary N) is 2. The maximum absolute atomic E-state index is 11.8.